The van der Waals surface area contributed by atoms with Gasteiger partial charge >= 0.3 is 5.97 Å². The molecule has 39 heavy (non-hydrogen) atoms. The Morgan fingerprint density at radius 1 is 0.923 bits per heavy atom. The van der Waals surface area contributed by atoms with Crippen molar-refractivity contribution in [3.63, 3.8) is 0 Å². The Morgan fingerprint density at radius 2 is 1.62 bits per heavy atom. The average Bonchev–Trinajstić information content (AvgIpc) is 3.32. The zero-order valence-electron chi connectivity index (χ0n) is 21.4. The number of esters is 1. The van der Waals surface area contributed by atoms with Crippen LogP contribution in [0.4, 0.5) is 0 Å². The van der Waals surface area contributed by atoms with Crippen molar-refractivity contribution in [1.82, 2.24) is 9.80 Å². The largest absolute Gasteiger partial charge is 0.465 e. The molecule has 4 aromatic rings. The van der Waals surface area contributed by atoms with E-state index < -0.39 is 0 Å². The quantitative estimate of drug-likeness (QED) is 0.216. The summed E-state index contributed by atoms with van der Waals surface area (Å²) in [6, 6.07) is 22.7. The van der Waals surface area contributed by atoms with Crippen molar-refractivity contribution in [3.05, 3.63) is 104 Å². The second kappa shape index (κ2) is 12.5. The molecule has 0 unspecified atom stereocenters. The highest BCUT2D eigenvalue weighted by molar-refractivity contribution is 7.21. The number of hydrogen-bond donors (Lipinski definition) is 0. The Balaban J connectivity index is 1.22. The van der Waals surface area contributed by atoms with Gasteiger partial charge in [0.2, 0.25) is 0 Å². The fraction of sp³-hybridized carbons (Fsp3) is 0.267. The fourth-order valence-electron chi connectivity index (χ4n) is 4.65. The van der Waals surface area contributed by atoms with Gasteiger partial charge in [-0.25, -0.2) is 4.79 Å². The Labute approximate surface area is 241 Å². The monoisotopic (exact) mass is 582 g/mol. The molecular weight excluding hydrogens is 555 g/mol. The van der Waals surface area contributed by atoms with Crippen LogP contribution in [-0.4, -0.2) is 61.5 Å². The highest BCUT2D eigenvalue weighted by Crippen LogP contribution is 2.36. The van der Waals surface area contributed by atoms with E-state index in [1.165, 1.54) is 18.4 Å². The van der Waals surface area contributed by atoms with E-state index in [-0.39, 0.29) is 18.0 Å². The topological polar surface area (TPSA) is 59.1 Å². The molecule has 1 aliphatic heterocycles. The number of methoxy groups -OCH3 is 1. The molecule has 0 aliphatic carbocycles. The molecule has 202 valence electrons. The van der Waals surface area contributed by atoms with Gasteiger partial charge in [0.15, 0.2) is 0 Å². The summed E-state index contributed by atoms with van der Waals surface area (Å²) in [5, 5.41) is 2.14. The minimum Gasteiger partial charge on any atom is -0.465 e. The summed E-state index contributed by atoms with van der Waals surface area (Å²) in [6.45, 7) is 3.76. The molecule has 1 saturated heterocycles. The minimum atomic E-state index is -0.367. The molecule has 0 bridgehead atoms. The van der Waals surface area contributed by atoms with Crippen LogP contribution in [0.25, 0.3) is 10.1 Å². The van der Waals surface area contributed by atoms with Crippen molar-refractivity contribution in [2.75, 3.05) is 39.8 Å². The molecule has 2 heterocycles. The van der Waals surface area contributed by atoms with Crippen LogP contribution in [-0.2, 0) is 16.1 Å². The molecule has 1 amide bonds. The van der Waals surface area contributed by atoms with Gasteiger partial charge in [0.25, 0.3) is 5.91 Å². The van der Waals surface area contributed by atoms with Crippen LogP contribution in [0.5, 0.6) is 0 Å². The van der Waals surface area contributed by atoms with Crippen molar-refractivity contribution in [1.29, 1.82) is 0 Å². The highest BCUT2D eigenvalue weighted by Gasteiger charge is 2.27. The van der Waals surface area contributed by atoms with Gasteiger partial charge in [0.1, 0.15) is 4.88 Å². The van der Waals surface area contributed by atoms with Crippen molar-refractivity contribution < 1.29 is 19.1 Å². The van der Waals surface area contributed by atoms with Crippen molar-refractivity contribution in [2.45, 2.75) is 12.7 Å². The lowest BCUT2D eigenvalue weighted by atomic mass is 10.1. The second-order valence-corrected chi connectivity index (χ2v) is 11.2. The SMILES string of the molecule is COC(=O)c1ccc(CO[C@H](CN2CCN(C(=O)c3sc4ccccc4c3Cl)CC2)c2ccc(Cl)cc2)cc1. The van der Waals surface area contributed by atoms with E-state index >= 15 is 0 Å². The summed E-state index contributed by atoms with van der Waals surface area (Å²) in [5.41, 5.74) is 2.48. The first-order chi connectivity index (χ1) is 18.9. The molecule has 0 radical (unpaired) electrons. The van der Waals surface area contributed by atoms with Crippen LogP contribution in [0, 0.1) is 0 Å². The summed E-state index contributed by atoms with van der Waals surface area (Å²) in [5.74, 6) is -0.379. The number of benzene rings is 3. The summed E-state index contributed by atoms with van der Waals surface area (Å²) in [4.78, 5) is 29.8. The molecule has 6 nitrogen and oxygen atoms in total. The molecule has 1 aromatic heterocycles. The number of hydrogen-bond acceptors (Lipinski definition) is 6. The lowest BCUT2D eigenvalue weighted by Gasteiger charge is -2.36. The van der Waals surface area contributed by atoms with Gasteiger partial charge < -0.3 is 14.4 Å². The van der Waals surface area contributed by atoms with E-state index in [4.69, 9.17) is 32.7 Å². The number of carbonyl (C=O) groups excluding carboxylic acids is 2. The predicted molar refractivity (Wildman–Crippen MR) is 156 cm³/mol. The van der Waals surface area contributed by atoms with Crippen molar-refractivity contribution >= 4 is 56.5 Å². The molecule has 0 spiro atoms. The molecule has 1 fully saturated rings. The number of amides is 1. The van der Waals surface area contributed by atoms with Crippen molar-refractivity contribution in [2.24, 2.45) is 0 Å². The Kier molecular flexibility index (Phi) is 8.85. The maximum atomic E-state index is 13.3. The van der Waals surface area contributed by atoms with E-state index in [0.29, 0.717) is 46.7 Å². The standard InChI is InChI=1S/C30H28Cl2N2O4S/c1-37-30(36)22-8-6-20(7-9-22)19-38-25(21-10-12-23(31)13-11-21)18-33-14-16-34(17-15-33)29(35)28-27(32)24-4-2-3-5-26(24)39-28/h2-13,25H,14-19H2,1H3/t25-/m1/s1. The number of carbonyl (C=O) groups is 2. The minimum absolute atomic E-state index is 0.0123. The third-order valence-corrected chi connectivity index (χ3v) is 8.80. The van der Waals surface area contributed by atoms with E-state index in [9.17, 15) is 9.59 Å². The molecule has 1 aliphatic rings. The van der Waals surface area contributed by atoms with Crippen LogP contribution < -0.4 is 0 Å². The Morgan fingerprint density at radius 3 is 2.28 bits per heavy atom. The Hall–Kier alpha value is -2.94. The third-order valence-electron chi connectivity index (χ3n) is 6.88. The van der Waals surface area contributed by atoms with E-state index in [1.807, 2.05) is 65.6 Å². The van der Waals surface area contributed by atoms with Gasteiger partial charge in [-0.1, -0.05) is 65.7 Å². The maximum Gasteiger partial charge on any atom is 0.337 e. The predicted octanol–water partition coefficient (Wildman–Crippen LogP) is 6.71. The van der Waals surface area contributed by atoms with Gasteiger partial charge in [0.05, 0.1) is 30.4 Å². The fourth-order valence-corrected chi connectivity index (χ4v) is 6.25. The lowest BCUT2D eigenvalue weighted by molar-refractivity contribution is 0.00346. The molecule has 0 N–H and O–H groups in total. The zero-order chi connectivity index (χ0) is 27.4. The average molecular weight is 584 g/mol. The summed E-state index contributed by atoms with van der Waals surface area (Å²) < 4.78 is 12.2. The van der Waals surface area contributed by atoms with E-state index in [1.54, 1.807) is 12.1 Å². The van der Waals surface area contributed by atoms with Gasteiger partial charge in [-0.3, -0.25) is 9.69 Å². The van der Waals surface area contributed by atoms with Crippen LogP contribution in [0.1, 0.15) is 37.3 Å². The van der Waals surface area contributed by atoms with Crippen LogP contribution in [0.3, 0.4) is 0 Å². The van der Waals surface area contributed by atoms with Crippen LogP contribution in [0.15, 0.2) is 72.8 Å². The summed E-state index contributed by atoms with van der Waals surface area (Å²) >= 11 is 14.2. The van der Waals surface area contributed by atoms with Crippen LogP contribution >= 0.6 is 34.5 Å². The first kappa shape index (κ1) is 27.6. The maximum absolute atomic E-state index is 13.3. The lowest BCUT2D eigenvalue weighted by Crippen LogP contribution is -2.49. The van der Waals surface area contributed by atoms with Gasteiger partial charge in [-0.2, -0.15) is 0 Å². The number of rotatable bonds is 8. The normalized spacial score (nSPS) is 14.9. The highest BCUT2D eigenvalue weighted by atomic mass is 35.5. The van der Waals surface area contributed by atoms with E-state index in [0.717, 1.165) is 34.3 Å². The first-order valence-electron chi connectivity index (χ1n) is 12.7. The summed E-state index contributed by atoms with van der Waals surface area (Å²) in [6.07, 6.45) is -0.193. The Bertz CT molecular complexity index is 1450. The zero-order valence-corrected chi connectivity index (χ0v) is 23.8. The second-order valence-electron chi connectivity index (χ2n) is 9.37. The van der Waals surface area contributed by atoms with Gasteiger partial charge in [0, 0.05) is 47.8 Å². The van der Waals surface area contributed by atoms with Gasteiger partial charge in [-0.05, 0) is 41.5 Å². The summed E-state index contributed by atoms with van der Waals surface area (Å²) in [7, 11) is 1.37. The third kappa shape index (κ3) is 6.45. The molecule has 5 rings (SSSR count). The molecular formula is C30H28Cl2N2O4S. The number of thiophene rings is 1. The molecule has 3 aromatic carbocycles. The smallest absolute Gasteiger partial charge is 0.337 e. The number of fused-ring (bicyclic) bond motifs is 1. The number of ether oxygens (including phenoxy) is 2. The van der Waals surface area contributed by atoms with Crippen LogP contribution in [0.2, 0.25) is 10.0 Å². The molecule has 0 saturated carbocycles. The van der Waals surface area contributed by atoms with Crippen molar-refractivity contribution in [3.8, 4) is 0 Å². The number of halogens is 2. The number of nitrogens with zero attached hydrogens (tertiary/aromatic N) is 2. The first-order valence-corrected chi connectivity index (χ1v) is 14.2. The molecule has 9 heteroatoms. The van der Waals surface area contributed by atoms with E-state index in [2.05, 4.69) is 4.90 Å². The number of piperazine rings is 1. The molecule has 1 atom stereocenters. The van der Waals surface area contributed by atoms with Gasteiger partial charge in [-0.15, -0.1) is 11.3 Å².